The summed E-state index contributed by atoms with van der Waals surface area (Å²) in [6, 6.07) is 1.95. The number of carbonyl (C=O) groups is 1. The van der Waals surface area contributed by atoms with Crippen molar-refractivity contribution in [1.29, 1.82) is 0 Å². The number of carbonyl (C=O) groups excluding carboxylic acids is 1. The van der Waals surface area contributed by atoms with Crippen molar-refractivity contribution in [2.75, 3.05) is 26.8 Å². The van der Waals surface area contributed by atoms with Gasteiger partial charge in [0.2, 0.25) is 0 Å². The highest BCUT2D eigenvalue weighted by atomic mass is 79.9. The molecular formula is C25H30BrF2N5O6. The third-order valence-electron chi connectivity index (χ3n) is 7.61. The molecule has 2 saturated heterocycles. The SMILES string of the molecule is CO[C@@H]1[C@H](n2cc(-c3ccc(Br)c(F)c3F)nn2)[C@@H](OC=O)[C@@H](CO)O[C@@H]1CC1CC(C2CCNCC2)=NO1. The molecule has 1 aromatic carbocycles. The molecule has 3 aliphatic rings. The summed E-state index contributed by atoms with van der Waals surface area (Å²) in [5.74, 6) is -1.75. The van der Waals surface area contributed by atoms with E-state index in [-0.39, 0.29) is 28.3 Å². The van der Waals surface area contributed by atoms with E-state index in [4.69, 9.17) is 19.0 Å². The Morgan fingerprint density at radius 2 is 2.03 bits per heavy atom. The van der Waals surface area contributed by atoms with E-state index in [2.05, 4.69) is 36.7 Å². The minimum absolute atomic E-state index is 0.0190. The second kappa shape index (κ2) is 12.3. The molecule has 4 heterocycles. The van der Waals surface area contributed by atoms with Crippen molar-refractivity contribution in [2.24, 2.45) is 11.1 Å². The van der Waals surface area contributed by atoms with Gasteiger partial charge in [0.05, 0.1) is 29.1 Å². The Bertz CT molecular complexity index is 1200. The van der Waals surface area contributed by atoms with Crippen LogP contribution in [0.1, 0.15) is 31.7 Å². The number of aromatic nitrogens is 3. The average molecular weight is 614 g/mol. The molecule has 0 aliphatic carbocycles. The summed E-state index contributed by atoms with van der Waals surface area (Å²) in [6.45, 7) is 1.71. The molecule has 0 radical (unpaired) electrons. The van der Waals surface area contributed by atoms with E-state index in [1.807, 2.05) is 0 Å². The lowest BCUT2D eigenvalue weighted by Gasteiger charge is -2.45. The lowest BCUT2D eigenvalue weighted by atomic mass is 9.86. The van der Waals surface area contributed by atoms with Crippen molar-refractivity contribution in [1.82, 2.24) is 20.3 Å². The molecule has 3 aliphatic heterocycles. The van der Waals surface area contributed by atoms with Gasteiger partial charge >= 0.3 is 0 Å². The van der Waals surface area contributed by atoms with Crippen molar-refractivity contribution in [3.63, 3.8) is 0 Å². The van der Waals surface area contributed by atoms with Gasteiger partial charge in [-0.15, -0.1) is 5.10 Å². The van der Waals surface area contributed by atoms with Crippen LogP contribution in [0.5, 0.6) is 0 Å². The summed E-state index contributed by atoms with van der Waals surface area (Å²) in [5.41, 5.74) is 1.02. The molecule has 2 fully saturated rings. The first kappa shape index (κ1) is 28.0. The Kier molecular flexibility index (Phi) is 8.86. The smallest absolute Gasteiger partial charge is 0.293 e. The fourth-order valence-electron chi connectivity index (χ4n) is 5.67. The summed E-state index contributed by atoms with van der Waals surface area (Å²) in [5, 5.41) is 26.0. The van der Waals surface area contributed by atoms with Gasteiger partial charge in [-0.2, -0.15) is 0 Å². The monoisotopic (exact) mass is 613 g/mol. The van der Waals surface area contributed by atoms with Crippen LogP contribution in [0.15, 0.2) is 28.0 Å². The van der Waals surface area contributed by atoms with Crippen LogP contribution in [-0.4, -0.2) is 89.6 Å². The molecule has 0 bridgehead atoms. The van der Waals surface area contributed by atoms with Crippen LogP contribution in [0, 0.1) is 17.6 Å². The first-order valence-electron chi connectivity index (χ1n) is 12.8. The molecule has 1 unspecified atom stereocenters. The van der Waals surface area contributed by atoms with Gasteiger partial charge in [0.1, 0.15) is 30.0 Å². The number of aliphatic hydroxyl groups is 1. The highest BCUT2D eigenvalue weighted by Gasteiger charge is 2.50. The Hall–Kier alpha value is -2.52. The first-order valence-corrected chi connectivity index (χ1v) is 13.6. The fraction of sp³-hybridized carbons (Fsp3) is 0.600. The number of nitrogens with one attached hydrogen (secondary N) is 1. The lowest BCUT2D eigenvalue weighted by Crippen LogP contribution is -2.58. The second-order valence-electron chi connectivity index (χ2n) is 9.86. The number of ether oxygens (including phenoxy) is 3. The summed E-state index contributed by atoms with van der Waals surface area (Å²) < 4.78 is 47.5. The molecule has 2 N–H and O–H groups in total. The number of methoxy groups -OCH3 is 1. The van der Waals surface area contributed by atoms with Crippen LogP contribution in [0.25, 0.3) is 11.3 Å². The van der Waals surface area contributed by atoms with Gasteiger partial charge in [-0.05, 0) is 54.0 Å². The highest BCUT2D eigenvalue weighted by molar-refractivity contribution is 9.10. The molecule has 1 aromatic heterocycles. The van der Waals surface area contributed by atoms with Crippen molar-refractivity contribution in [3.05, 3.63) is 34.4 Å². The quantitative estimate of drug-likeness (QED) is 0.323. The minimum atomic E-state index is -1.08. The summed E-state index contributed by atoms with van der Waals surface area (Å²) in [4.78, 5) is 17.2. The Morgan fingerprint density at radius 1 is 1.23 bits per heavy atom. The van der Waals surface area contributed by atoms with Gasteiger partial charge in [-0.25, -0.2) is 13.5 Å². The summed E-state index contributed by atoms with van der Waals surface area (Å²) >= 11 is 2.96. The maximum atomic E-state index is 14.7. The number of aliphatic hydroxyl groups excluding tert-OH is 1. The van der Waals surface area contributed by atoms with Gasteiger partial charge in [0, 0.05) is 31.4 Å². The van der Waals surface area contributed by atoms with Crippen LogP contribution in [0.3, 0.4) is 0 Å². The number of piperidine rings is 1. The maximum absolute atomic E-state index is 14.7. The average Bonchev–Trinajstić information content (AvgIpc) is 3.63. The number of nitrogens with zero attached hydrogens (tertiary/aromatic N) is 4. The molecule has 212 valence electrons. The molecule has 0 saturated carbocycles. The molecule has 2 aromatic rings. The predicted octanol–water partition coefficient (Wildman–Crippen LogP) is 2.38. The molecule has 39 heavy (non-hydrogen) atoms. The standard InChI is InChI=1S/C25H30BrF2N5O6/c1-36-24-19(9-14-8-17(31-39-14)13-4-6-29-7-5-13)38-20(11-34)25(37-12-35)23(24)33-10-18(30-32-33)15-2-3-16(26)22(28)21(15)27/h2-3,10,12-14,19-20,23-25,29,34H,4-9,11H2,1H3/t14?,19-,20-,23+,24+,25+/m1/s1. The number of halogens is 3. The van der Waals surface area contributed by atoms with Gasteiger partial charge in [0.25, 0.3) is 6.47 Å². The lowest BCUT2D eigenvalue weighted by molar-refractivity contribution is -0.225. The topological polar surface area (TPSA) is 129 Å². The molecule has 14 heteroatoms. The van der Waals surface area contributed by atoms with E-state index in [1.165, 1.54) is 30.1 Å². The van der Waals surface area contributed by atoms with Crippen LogP contribution in [0.2, 0.25) is 0 Å². The summed E-state index contributed by atoms with van der Waals surface area (Å²) in [6.07, 6.45) is 1.02. The molecule has 0 spiro atoms. The van der Waals surface area contributed by atoms with Gasteiger partial charge < -0.3 is 29.5 Å². The number of hydrogen-bond acceptors (Lipinski definition) is 10. The van der Waals surface area contributed by atoms with Crippen LogP contribution >= 0.6 is 15.9 Å². The van der Waals surface area contributed by atoms with E-state index < -0.39 is 48.7 Å². The van der Waals surface area contributed by atoms with E-state index in [0.29, 0.717) is 18.8 Å². The van der Waals surface area contributed by atoms with Gasteiger partial charge in [-0.1, -0.05) is 10.4 Å². The largest absolute Gasteiger partial charge is 0.459 e. The minimum Gasteiger partial charge on any atom is -0.459 e. The van der Waals surface area contributed by atoms with Crippen LogP contribution in [0.4, 0.5) is 8.78 Å². The van der Waals surface area contributed by atoms with E-state index in [9.17, 15) is 18.7 Å². The fourth-order valence-corrected chi connectivity index (χ4v) is 5.97. The molecular weight excluding hydrogens is 584 g/mol. The second-order valence-corrected chi connectivity index (χ2v) is 10.7. The molecule has 11 nitrogen and oxygen atoms in total. The third-order valence-corrected chi connectivity index (χ3v) is 8.22. The Balaban J connectivity index is 1.39. The molecule has 6 atom stereocenters. The van der Waals surface area contributed by atoms with Crippen molar-refractivity contribution < 1.29 is 37.7 Å². The van der Waals surface area contributed by atoms with E-state index >= 15 is 0 Å². The number of hydrogen-bond donors (Lipinski definition) is 2. The van der Waals surface area contributed by atoms with Crippen molar-refractivity contribution in [2.45, 2.75) is 62.2 Å². The molecule has 0 amide bonds. The number of rotatable bonds is 9. The van der Waals surface area contributed by atoms with E-state index in [0.717, 1.165) is 31.6 Å². The van der Waals surface area contributed by atoms with E-state index in [1.54, 1.807) is 0 Å². The number of benzene rings is 1. The molecule has 5 rings (SSSR count). The maximum Gasteiger partial charge on any atom is 0.293 e. The van der Waals surface area contributed by atoms with Gasteiger partial charge in [-0.3, -0.25) is 4.79 Å². The Labute approximate surface area is 231 Å². The van der Waals surface area contributed by atoms with Crippen molar-refractivity contribution in [3.8, 4) is 11.3 Å². The third kappa shape index (κ3) is 5.71. The van der Waals surface area contributed by atoms with Gasteiger partial charge in [0.15, 0.2) is 17.7 Å². The summed E-state index contributed by atoms with van der Waals surface area (Å²) in [7, 11) is 1.49. The first-order chi connectivity index (χ1) is 18.9. The number of oxime groups is 1. The normalized spacial score (nSPS) is 29.6. The zero-order valence-corrected chi connectivity index (χ0v) is 22.8. The zero-order chi connectivity index (χ0) is 27.5. The predicted molar refractivity (Wildman–Crippen MR) is 137 cm³/mol. The van der Waals surface area contributed by atoms with Crippen LogP contribution in [-0.2, 0) is 23.8 Å². The zero-order valence-electron chi connectivity index (χ0n) is 21.2. The van der Waals surface area contributed by atoms with Crippen molar-refractivity contribution >= 4 is 28.1 Å². The Morgan fingerprint density at radius 3 is 2.74 bits per heavy atom. The highest BCUT2D eigenvalue weighted by Crippen LogP contribution is 2.38. The van der Waals surface area contributed by atoms with Crippen LogP contribution < -0.4 is 5.32 Å².